The first-order chi connectivity index (χ1) is 16.0. The number of morpholine rings is 1. The summed E-state index contributed by atoms with van der Waals surface area (Å²) in [5.41, 5.74) is 1.96. The molecule has 1 amide bonds. The standard InChI is InChI=1S/C24H26N4O3S2/c1-14-11-28(12-15(2)31-14)21-5-4-17(9-25-21)10-26-22(29)13-30-19-8-20-23(27-16(3)33-20)24-18(19)6-7-32-24/h4-9,14-15H,10-13H2,1-3H3,(H,26,29). The van der Waals surface area contributed by atoms with Crippen molar-refractivity contribution in [3.05, 3.63) is 46.4 Å². The van der Waals surface area contributed by atoms with Gasteiger partial charge in [-0.15, -0.1) is 22.7 Å². The second kappa shape index (κ2) is 9.24. The minimum Gasteiger partial charge on any atom is -0.483 e. The van der Waals surface area contributed by atoms with Crippen LogP contribution in [0.1, 0.15) is 24.4 Å². The summed E-state index contributed by atoms with van der Waals surface area (Å²) in [6.07, 6.45) is 2.19. The molecule has 172 valence electrons. The van der Waals surface area contributed by atoms with E-state index in [2.05, 4.69) is 34.0 Å². The van der Waals surface area contributed by atoms with Crippen molar-refractivity contribution in [1.29, 1.82) is 0 Å². The van der Waals surface area contributed by atoms with Crippen LogP contribution in [-0.4, -0.2) is 47.8 Å². The normalized spacial score (nSPS) is 18.7. The number of ether oxygens (including phenoxy) is 2. The van der Waals surface area contributed by atoms with Crippen LogP contribution in [-0.2, 0) is 16.1 Å². The second-order valence-electron chi connectivity index (χ2n) is 8.37. The van der Waals surface area contributed by atoms with Crippen molar-refractivity contribution >= 4 is 54.7 Å². The van der Waals surface area contributed by atoms with Gasteiger partial charge in [0.2, 0.25) is 0 Å². The Morgan fingerprint density at radius 1 is 1.27 bits per heavy atom. The number of aromatic nitrogens is 2. The number of thiazole rings is 1. The summed E-state index contributed by atoms with van der Waals surface area (Å²) in [6, 6.07) is 8.01. The van der Waals surface area contributed by atoms with Gasteiger partial charge < -0.3 is 19.7 Å². The molecular formula is C24H26N4O3S2. The van der Waals surface area contributed by atoms with E-state index in [4.69, 9.17) is 9.47 Å². The molecule has 1 aliphatic rings. The van der Waals surface area contributed by atoms with E-state index in [0.717, 1.165) is 55.5 Å². The first kappa shape index (κ1) is 22.1. The van der Waals surface area contributed by atoms with Gasteiger partial charge in [-0.2, -0.15) is 0 Å². The Hall–Kier alpha value is -2.75. The van der Waals surface area contributed by atoms with Crippen LogP contribution in [0.5, 0.6) is 5.75 Å². The maximum absolute atomic E-state index is 12.4. The lowest BCUT2D eigenvalue weighted by Gasteiger charge is -2.36. The van der Waals surface area contributed by atoms with Crippen molar-refractivity contribution in [1.82, 2.24) is 15.3 Å². The summed E-state index contributed by atoms with van der Waals surface area (Å²) in [7, 11) is 0. The van der Waals surface area contributed by atoms with Crippen LogP contribution in [0, 0.1) is 6.92 Å². The average Bonchev–Trinajstić information content (AvgIpc) is 3.41. The summed E-state index contributed by atoms with van der Waals surface area (Å²) in [5, 5.41) is 6.97. The number of rotatable bonds is 6. The number of aryl methyl sites for hydroxylation is 1. The number of hydrogen-bond acceptors (Lipinski definition) is 8. The number of fused-ring (bicyclic) bond motifs is 3. The van der Waals surface area contributed by atoms with Crippen molar-refractivity contribution in [2.45, 2.75) is 39.5 Å². The third-order valence-electron chi connectivity index (χ3n) is 5.57. The predicted molar refractivity (Wildman–Crippen MR) is 134 cm³/mol. The molecule has 9 heteroatoms. The SMILES string of the molecule is Cc1nc2c(cc(OCC(=O)NCc3ccc(N4CC(C)OC(C)C4)nc3)c3ccsc32)s1. The van der Waals surface area contributed by atoms with Crippen LogP contribution in [0.15, 0.2) is 35.8 Å². The minimum atomic E-state index is -0.168. The third kappa shape index (κ3) is 4.80. The fraction of sp³-hybridized carbons (Fsp3) is 0.375. The summed E-state index contributed by atoms with van der Waals surface area (Å²) in [5.74, 6) is 1.49. The molecule has 7 nitrogen and oxygen atoms in total. The monoisotopic (exact) mass is 482 g/mol. The average molecular weight is 483 g/mol. The van der Waals surface area contributed by atoms with E-state index < -0.39 is 0 Å². The van der Waals surface area contributed by atoms with Gasteiger partial charge in [0.1, 0.15) is 11.6 Å². The molecule has 1 saturated heterocycles. The van der Waals surface area contributed by atoms with E-state index >= 15 is 0 Å². The minimum absolute atomic E-state index is 0.0384. The zero-order chi connectivity index (χ0) is 22.9. The van der Waals surface area contributed by atoms with Crippen LogP contribution in [0.2, 0.25) is 0 Å². The lowest BCUT2D eigenvalue weighted by Crippen LogP contribution is -2.45. The van der Waals surface area contributed by atoms with E-state index in [9.17, 15) is 4.79 Å². The molecule has 0 bridgehead atoms. The van der Waals surface area contributed by atoms with Gasteiger partial charge in [0.15, 0.2) is 6.61 Å². The van der Waals surface area contributed by atoms with Crippen molar-refractivity contribution in [2.24, 2.45) is 0 Å². The molecular weight excluding hydrogens is 456 g/mol. The van der Waals surface area contributed by atoms with Gasteiger partial charge in [-0.3, -0.25) is 4.79 Å². The van der Waals surface area contributed by atoms with Crippen molar-refractivity contribution in [3.63, 3.8) is 0 Å². The van der Waals surface area contributed by atoms with Crippen LogP contribution >= 0.6 is 22.7 Å². The lowest BCUT2D eigenvalue weighted by atomic mass is 10.2. The summed E-state index contributed by atoms with van der Waals surface area (Å²) >= 11 is 3.28. The first-order valence-corrected chi connectivity index (χ1v) is 12.7. The van der Waals surface area contributed by atoms with E-state index in [-0.39, 0.29) is 24.7 Å². The van der Waals surface area contributed by atoms with Crippen molar-refractivity contribution in [3.8, 4) is 5.75 Å². The van der Waals surface area contributed by atoms with Crippen LogP contribution in [0.25, 0.3) is 20.3 Å². The quantitative estimate of drug-likeness (QED) is 0.435. The summed E-state index contributed by atoms with van der Waals surface area (Å²) in [6.45, 7) is 8.18. The third-order valence-corrected chi connectivity index (χ3v) is 7.41. The zero-order valence-corrected chi connectivity index (χ0v) is 20.5. The van der Waals surface area contributed by atoms with Gasteiger partial charge in [0, 0.05) is 37.3 Å². The van der Waals surface area contributed by atoms with Crippen molar-refractivity contribution in [2.75, 3.05) is 24.6 Å². The highest BCUT2D eigenvalue weighted by atomic mass is 32.1. The second-order valence-corrected chi connectivity index (χ2v) is 10.5. The smallest absolute Gasteiger partial charge is 0.258 e. The van der Waals surface area contributed by atoms with Crippen LogP contribution in [0.3, 0.4) is 0 Å². The van der Waals surface area contributed by atoms with Gasteiger partial charge >= 0.3 is 0 Å². The Bertz CT molecular complexity index is 1270. The van der Waals surface area contributed by atoms with Gasteiger partial charge in [0.25, 0.3) is 5.91 Å². The predicted octanol–water partition coefficient (Wildman–Crippen LogP) is 4.52. The maximum Gasteiger partial charge on any atom is 0.258 e. The molecule has 4 aromatic rings. The van der Waals surface area contributed by atoms with E-state index in [1.54, 1.807) is 22.7 Å². The molecule has 2 unspecified atom stereocenters. The molecule has 0 spiro atoms. The highest BCUT2D eigenvalue weighted by Gasteiger charge is 2.23. The lowest BCUT2D eigenvalue weighted by molar-refractivity contribution is -0.123. The number of benzene rings is 1. The highest BCUT2D eigenvalue weighted by molar-refractivity contribution is 7.21. The van der Waals surface area contributed by atoms with E-state index in [1.165, 1.54) is 0 Å². The van der Waals surface area contributed by atoms with Crippen LogP contribution in [0.4, 0.5) is 5.82 Å². The number of amides is 1. The molecule has 0 radical (unpaired) electrons. The Morgan fingerprint density at radius 3 is 2.85 bits per heavy atom. The molecule has 1 aliphatic heterocycles. The van der Waals surface area contributed by atoms with Crippen molar-refractivity contribution < 1.29 is 14.3 Å². The highest BCUT2D eigenvalue weighted by Crippen LogP contribution is 2.38. The van der Waals surface area contributed by atoms with Gasteiger partial charge in [-0.25, -0.2) is 9.97 Å². The molecule has 2 atom stereocenters. The number of carbonyl (C=O) groups excluding carboxylic acids is 1. The molecule has 0 aliphatic carbocycles. The number of nitrogens with zero attached hydrogens (tertiary/aromatic N) is 3. The molecule has 0 saturated carbocycles. The van der Waals surface area contributed by atoms with E-state index in [1.807, 2.05) is 42.8 Å². The number of carbonyl (C=O) groups is 1. The Morgan fingerprint density at radius 2 is 2.09 bits per heavy atom. The number of pyridine rings is 1. The molecule has 1 N–H and O–H groups in total. The maximum atomic E-state index is 12.4. The zero-order valence-electron chi connectivity index (χ0n) is 18.8. The summed E-state index contributed by atoms with van der Waals surface area (Å²) in [4.78, 5) is 23.9. The van der Waals surface area contributed by atoms with Gasteiger partial charge in [-0.1, -0.05) is 6.07 Å². The Labute approximate surface area is 200 Å². The largest absolute Gasteiger partial charge is 0.483 e. The first-order valence-electron chi connectivity index (χ1n) is 11.0. The van der Waals surface area contributed by atoms with Gasteiger partial charge in [0.05, 0.1) is 32.1 Å². The molecule has 33 heavy (non-hydrogen) atoms. The molecule has 5 rings (SSSR count). The Kier molecular flexibility index (Phi) is 6.18. The number of hydrogen-bond donors (Lipinski definition) is 1. The van der Waals surface area contributed by atoms with Gasteiger partial charge in [-0.05, 0) is 43.8 Å². The fourth-order valence-electron chi connectivity index (χ4n) is 4.17. The number of nitrogens with one attached hydrogen (secondary N) is 1. The molecule has 3 aromatic heterocycles. The fourth-order valence-corrected chi connectivity index (χ4v) is 6.01. The molecule has 1 aromatic carbocycles. The number of thiophene rings is 1. The molecule has 4 heterocycles. The Balaban J connectivity index is 1.18. The van der Waals surface area contributed by atoms with E-state index in [0.29, 0.717) is 6.54 Å². The number of anilines is 1. The topological polar surface area (TPSA) is 76.6 Å². The summed E-state index contributed by atoms with van der Waals surface area (Å²) < 4.78 is 13.9. The van der Waals surface area contributed by atoms with Crippen LogP contribution < -0.4 is 15.0 Å². The molecule has 1 fully saturated rings.